The van der Waals surface area contributed by atoms with E-state index in [1.807, 2.05) is 36.4 Å². The van der Waals surface area contributed by atoms with Crippen molar-refractivity contribution >= 4 is 55.3 Å². The highest BCUT2D eigenvalue weighted by atomic mass is 15.2. The lowest BCUT2D eigenvalue weighted by molar-refractivity contribution is 0.755. The van der Waals surface area contributed by atoms with Crippen molar-refractivity contribution < 1.29 is 0 Å². The van der Waals surface area contributed by atoms with Gasteiger partial charge in [0.2, 0.25) is 0 Å². The Morgan fingerprint density at radius 1 is 0.400 bits per heavy atom. The second-order valence-electron chi connectivity index (χ2n) is 12.7. The van der Waals surface area contributed by atoms with Crippen LogP contribution < -0.4 is 5.32 Å². The number of aliphatic imine (C=N–C) groups is 2. The summed E-state index contributed by atoms with van der Waals surface area (Å²) >= 11 is 0. The number of fused-ring (bicyclic) bond motifs is 7. The lowest BCUT2D eigenvalue weighted by Crippen LogP contribution is -2.35. The smallest absolute Gasteiger partial charge is 0.169 e. The fraction of sp³-hybridized carbons (Fsp3) is 0.0222. The molecule has 0 saturated heterocycles. The van der Waals surface area contributed by atoms with Crippen LogP contribution >= 0.6 is 0 Å². The van der Waals surface area contributed by atoms with Gasteiger partial charge in [-0.15, -0.1) is 0 Å². The Hall–Kier alpha value is -6.72. The Balaban J connectivity index is 1.15. The summed E-state index contributed by atoms with van der Waals surface area (Å²) in [5.41, 5.74) is 10.1. The summed E-state index contributed by atoms with van der Waals surface area (Å²) in [6.45, 7) is 0. The minimum atomic E-state index is -0.380. The van der Waals surface area contributed by atoms with E-state index in [-0.39, 0.29) is 6.17 Å². The van der Waals surface area contributed by atoms with Crippen molar-refractivity contribution in [3.05, 3.63) is 193 Å². The minimum absolute atomic E-state index is 0.380. The molecule has 1 aliphatic heterocycles. The molecule has 5 heteroatoms. The maximum atomic E-state index is 5.09. The van der Waals surface area contributed by atoms with Crippen molar-refractivity contribution in [1.29, 1.82) is 0 Å². The summed E-state index contributed by atoms with van der Waals surface area (Å²) in [4.78, 5) is 10.2. The van der Waals surface area contributed by atoms with Crippen LogP contribution in [0.1, 0.15) is 22.9 Å². The Morgan fingerprint density at radius 3 is 1.56 bits per heavy atom. The van der Waals surface area contributed by atoms with Crippen LogP contribution in [0.25, 0.3) is 55.0 Å². The van der Waals surface area contributed by atoms with E-state index in [9.17, 15) is 0 Å². The first kappa shape index (κ1) is 28.3. The molecule has 1 N–H and O–H groups in total. The first-order valence-electron chi connectivity index (χ1n) is 17.0. The summed E-state index contributed by atoms with van der Waals surface area (Å²) in [6.07, 6.45) is -0.380. The second-order valence-corrected chi connectivity index (χ2v) is 12.7. The van der Waals surface area contributed by atoms with Gasteiger partial charge in [0, 0.05) is 44.0 Å². The molecular formula is C45H31N5. The van der Waals surface area contributed by atoms with Gasteiger partial charge in [-0.3, -0.25) is 0 Å². The van der Waals surface area contributed by atoms with Crippen LogP contribution in [0.4, 0.5) is 0 Å². The number of hydrogen-bond donors (Lipinski definition) is 1. The third-order valence-corrected chi connectivity index (χ3v) is 9.77. The monoisotopic (exact) mass is 641 g/mol. The second kappa shape index (κ2) is 11.5. The lowest BCUT2D eigenvalue weighted by Gasteiger charge is -2.22. The molecule has 1 aliphatic rings. The van der Waals surface area contributed by atoms with Gasteiger partial charge in [-0.1, -0.05) is 133 Å². The van der Waals surface area contributed by atoms with E-state index in [1.54, 1.807) is 0 Å². The molecule has 0 atom stereocenters. The maximum Gasteiger partial charge on any atom is 0.169 e. The molecule has 5 nitrogen and oxygen atoms in total. The zero-order valence-electron chi connectivity index (χ0n) is 27.1. The lowest BCUT2D eigenvalue weighted by atomic mass is 10.1. The largest absolute Gasteiger partial charge is 0.324 e. The molecule has 0 saturated carbocycles. The summed E-state index contributed by atoms with van der Waals surface area (Å²) < 4.78 is 4.81. The fourth-order valence-electron chi connectivity index (χ4n) is 7.51. The SMILES string of the molecule is c1ccc(C2=NC(c3ccc(-n4c5ccccc5c5c4ccc4c6ccccc6n(-c6ccccc6)c45)cc3)N=C(c3ccccc3)N2)cc1. The number of benzene rings is 7. The average Bonchev–Trinajstić information content (AvgIpc) is 3.72. The number of aromatic nitrogens is 2. The van der Waals surface area contributed by atoms with Crippen molar-refractivity contribution in [3.63, 3.8) is 0 Å². The summed E-state index contributed by atoms with van der Waals surface area (Å²) in [7, 11) is 0. The van der Waals surface area contributed by atoms with Gasteiger partial charge in [0.15, 0.2) is 6.17 Å². The van der Waals surface area contributed by atoms with Gasteiger partial charge in [0.25, 0.3) is 0 Å². The first-order chi connectivity index (χ1) is 24.8. The molecule has 0 unspecified atom stereocenters. The zero-order valence-corrected chi connectivity index (χ0v) is 27.1. The van der Waals surface area contributed by atoms with E-state index < -0.39 is 0 Å². The molecule has 0 fully saturated rings. The number of amidine groups is 2. The molecule has 7 aromatic carbocycles. The molecule has 0 spiro atoms. The predicted octanol–water partition coefficient (Wildman–Crippen LogP) is 10.4. The van der Waals surface area contributed by atoms with Gasteiger partial charge in [0.05, 0.1) is 22.1 Å². The summed E-state index contributed by atoms with van der Waals surface area (Å²) in [5, 5.41) is 8.47. The van der Waals surface area contributed by atoms with Crippen molar-refractivity contribution in [3.8, 4) is 11.4 Å². The Kier molecular flexibility index (Phi) is 6.49. The molecular weight excluding hydrogens is 611 g/mol. The molecule has 50 heavy (non-hydrogen) atoms. The van der Waals surface area contributed by atoms with Crippen molar-refractivity contribution in [2.75, 3.05) is 0 Å². The minimum Gasteiger partial charge on any atom is -0.324 e. The van der Waals surface area contributed by atoms with E-state index in [4.69, 9.17) is 9.98 Å². The summed E-state index contributed by atoms with van der Waals surface area (Å²) in [6, 6.07) is 62.0. The topological polar surface area (TPSA) is 46.6 Å². The number of nitrogens with zero attached hydrogens (tertiary/aromatic N) is 4. The third kappa shape index (κ3) is 4.48. The van der Waals surface area contributed by atoms with Gasteiger partial charge in [-0.25, -0.2) is 9.98 Å². The van der Waals surface area contributed by atoms with E-state index in [0.29, 0.717) is 0 Å². The Labute approximate surface area is 289 Å². The molecule has 3 heterocycles. The predicted molar refractivity (Wildman–Crippen MR) is 207 cm³/mol. The van der Waals surface area contributed by atoms with E-state index in [0.717, 1.165) is 39.7 Å². The first-order valence-corrected chi connectivity index (χ1v) is 17.0. The number of hydrogen-bond acceptors (Lipinski definition) is 3. The molecule has 236 valence electrons. The van der Waals surface area contributed by atoms with Crippen molar-refractivity contribution in [2.24, 2.45) is 9.98 Å². The van der Waals surface area contributed by atoms with Crippen LogP contribution in [-0.4, -0.2) is 20.8 Å². The number of para-hydroxylation sites is 3. The van der Waals surface area contributed by atoms with E-state index in [1.165, 1.54) is 43.6 Å². The van der Waals surface area contributed by atoms with E-state index >= 15 is 0 Å². The molecule has 2 aromatic heterocycles. The van der Waals surface area contributed by atoms with Crippen LogP contribution in [0.15, 0.2) is 186 Å². The standard InChI is InChI=1S/C45H31N5/c1-4-14-30(15-5-1)43-46-44(31-16-6-2-7-17-31)48-45(47-43)32-24-26-34(27-25-32)49-39-23-13-11-21-37(39)41-40(49)29-28-36-35-20-10-12-22-38(35)50(42(36)41)33-18-8-3-9-19-33/h1-29,45H,(H,46,47,48). The molecule has 0 radical (unpaired) electrons. The average molecular weight is 642 g/mol. The van der Waals surface area contributed by atoms with Gasteiger partial charge < -0.3 is 14.5 Å². The Bertz CT molecular complexity index is 2700. The summed E-state index contributed by atoms with van der Waals surface area (Å²) in [5.74, 6) is 1.63. The number of nitrogens with one attached hydrogen (secondary N) is 1. The van der Waals surface area contributed by atoms with Crippen LogP contribution in [0.3, 0.4) is 0 Å². The number of rotatable bonds is 5. The molecule has 0 amide bonds. The van der Waals surface area contributed by atoms with Gasteiger partial charge in [0.1, 0.15) is 11.7 Å². The molecule has 0 bridgehead atoms. The zero-order chi connectivity index (χ0) is 33.0. The van der Waals surface area contributed by atoms with Crippen molar-refractivity contribution in [1.82, 2.24) is 14.5 Å². The third-order valence-electron chi connectivity index (χ3n) is 9.77. The molecule has 10 rings (SSSR count). The quantitative estimate of drug-likeness (QED) is 0.200. The maximum absolute atomic E-state index is 5.09. The van der Waals surface area contributed by atoms with Crippen LogP contribution in [0, 0.1) is 0 Å². The molecule has 0 aliphatic carbocycles. The molecule has 9 aromatic rings. The van der Waals surface area contributed by atoms with Gasteiger partial charge in [-0.05, 0) is 48.0 Å². The Morgan fingerprint density at radius 2 is 0.920 bits per heavy atom. The highest BCUT2D eigenvalue weighted by Crippen LogP contribution is 2.42. The van der Waals surface area contributed by atoms with Crippen LogP contribution in [0.2, 0.25) is 0 Å². The van der Waals surface area contributed by atoms with Crippen molar-refractivity contribution in [2.45, 2.75) is 6.17 Å². The highest BCUT2D eigenvalue weighted by molar-refractivity contribution is 6.26. The highest BCUT2D eigenvalue weighted by Gasteiger charge is 2.23. The fourth-order valence-corrected chi connectivity index (χ4v) is 7.51. The van der Waals surface area contributed by atoms with Gasteiger partial charge in [-0.2, -0.15) is 0 Å². The van der Waals surface area contributed by atoms with Gasteiger partial charge >= 0.3 is 0 Å². The van der Waals surface area contributed by atoms with E-state index in [2.05, 4.69) is 154 Å². The van der Waals surface area contributed by atoms with Crippen LogP contribution in [-0.2, 0) is 0 Å². The normalized spacial score (nSPS) is 13.5. The van der Waals surface area contributed by atoms with Crippen LogP contribution in [0.5, 0.6) is 0 Å².